The monoisotopic (exact) mass is 296 g/mol. The summed E-state index contributed by atoms with van der Waals surface area (Å²) in [6.07, 6.45) is 0. The van der Waals surface area contributed by atoms with Crippen LogP contribution in [-0.2, 0) is 0 Å². The van der Waals surface area contributed by atoms with Crippen molar-refractivity contribution in [1.29, 1.82) is 0 Å². The van der Waals surface area contributed by atoms with Crippen molar-refractivity contribution in [3.63, 3.8) is 0 Å². The van der Waals surface area contributed by atoms with Crippen LogP contribution >= 0.6 is 0 Å². The fraction of sp³-hybridized carbons (Fsp3) is 0. The molecular weight excluding hydrogens is 283 g/mol. The fourth-order valence-corrected chi connectivity index (χ4v) is 0. The Labute approximate surface area is 107 Å². The van der Waals surface area contributed by atoms with E-state index in [1.165, 1.54) is 0 Å². The Morgan fingerprint density at radius 3 is 0.750 bits per heavy atom. The number of rotatable bonds is 0. The maximum absolute atomic E-state index is 0. The molecule has 0 atom stereocenters. The second kappa shape index (κ2) is 16.0. The SMILES string of the molecule is [H-].[H-].[Na+].[Na+].[SnH4].[SnH4]. The Morgan fingerprint density at radius 2 is 0.750 bits per heavy atom. The molecule has 0 nitrogen and oxygen atoms in total. The first kappa shape index (κ1) is 25.6. The standard InChI is InChI=1S/2Na.2Sn.10H/q2*+1;;;;;;;;;;;2*-1. The van der Waals surface area contributed by atoms with Gasteiger partial charge in [0.25, 0.3) is 0 Å². The molecule has 0 rings (SSSR count). The van der Waals surface area contributed by atoms with Gasteiger partial charge >= 0.3 is 107 Å². The molecule has 0 saturated heterocycles. The summed E-state index contributed by atoms with van der Waals surface area (Å²) in [5.41, 5.74) is 0. The predicted octanol–water partition coefficient (Wildman–Crippen LogP) is -8.67. The fourth-order valence-electron chi connectivity index (χ4n) is 0. The van der Waals surface area contributed by atoms with Crippen molar-refractivity contribution in [3.05, 3.63) is 0 Å². The first-order valence-corrected chi connectivity index (χ1v) is 0. The number of hydrogen-bond acceptors (Lipinski definition) is 0. The molecule has 4 heteroatoms. The third-order valence-corrected chi connectivity index (χ3v) is 0. The van der Waals surface area contributed by atoms with Gasteiger partial charge in [-0.3, -0.25) is 0 Å². The zero-order chi connectivity index (χ0) is 0. The summed E-state index contributed by atoms with van der Waals surface area (Å²) in [6.45, 7) is 0. The van der Waals surface area contributed by atoms with Crippen LogP contribution in [0.4, 0.5) is 0 Å². The van der Waals surface area contributed by atoms with E-state index >= 15 is 0 Å². The Kier molecular flexibility index (Phi) is 102. The molecule has 0 aliphatic heterocycles. The Hall–Kier alpha value is 3.60. The van der Waals surface area contributed by atoms with Crippen LogP contribution in [0.5, 0.6) is 0 Å². The van der Waals surface area contributed by atoms with Gasteiger partial charge in [-0.1, -0.05) is 0 Å². The molecule has 0 saturated carbocycles. The number of hydrogen-bond donors (Lipinski definition) is 0. The molecule has 0 spiro atoms. The molecule has 0 N–H and O–H groups in total. The molecule has 0 radical (unpaired) electrons. The molecular formula is H10Na2Sn2. The minimum atomic E-state index is 0. The van der Waals surface area contributed by atoms with Crippen LogP contribution in [0.15, 0.2) is 0 Å². The second-order valence-corrected chi connectivity index (χ2v) is 0. The van der Waals surface area contributed by atoms with Gasteiger partial charge in [0.15, 0.2) is 0 Å². The van der Waals surface area contributed by atoms with E-state index in [9.17, 15) is 0 Å². The van der Waals surface area contributed by atoms with Gasteiger partial charge in [0.1, 0.15) is 0 Å². The quantitative estimate of drug-likeness (QED) is 0.389. The molecule has 0 aliphatic rings. The molecule has 0 amide bonds. The molecule has 0 unspecified atom stereocenters. The van der Waals surface area contributed by atoms with Crippen LogP contribution in [0, 0.1) is 0 Å². The average molecular weight is 293 g/mol. The zero-order valence-electron chi connectivity index (χ0n) is 4.00. The molecule has 0 aromatic heterocycles. The Balaban J connectivity index is 0. The van der Waals surface area contributed by atoms with Crippen molar-refractivity contribution in [2.24, 2.45) is 0 Å². The van der Waals surface area contributed by atoms with Crippen LogP contribution in [0.2, 0.25) is 0 Å². The average Bonchev–Trinajstić information content (AvgIpc) is 0. The van der Waals surface area contributed by atoms with Gasteiger partial charge in [-0.15, -0.1) is 0 Å². The summed E-state index contributed by atoms with van der Waals surface area (Å²) in [5.74, 6) is 0. The summed E-state index contributed by atoms with van der Waals surface area (Å²) in [5, 5.41) is 0. The predicted molar refractivity (Wildman–Crippen MR) is 24.9 cm³/mol. The topological polar surface area (TPSA) is 0 Å². The van der Waals surface area contributed by atoms with E-state index in [1.807, 2.05) is 0 Å². The van der Waals surface area contributed by atoms with Crippen LogP contribution in [0.1, 0.15) is 2.85 Å². The molecule has 0 fully saturated rings. The van der Waals surface area contributed by atoms with Gasteiger partial charge in [0.05, 0.1) is 0 Å². The summed E-state index contributed by atoms with van der Waals surface area (Å²) in [7, 11) is 0. The van der Waals surface area contributed by atoms with Crippen molar-refractivity contribution in [2.75, 3.05) is 0 Å². The van der Waals surface area contributed by atoms with Crippen LogP contribution in [0.25, 0.3) is 0 Å². The summed E-state index contributed by atoms with van der Waals surface area (Å²) in [6, 6.07) is 0. The van der Waals surface area contributed by atoms with E-state index < -0.39 is 0 Å². The van der Waals surface area contributed by atoms with E-state index in [0.717, 1.165) is 0 Å². The summed E-state index contributed by atoms with van der Waals surface area (Å²) >= 11 is 0. The van der Waals surface area contributed by atoms with Crippen molar-refractivity contribution in [1.82, 2.24) is 0 Å². The van der Waals surface area contributed by atoms with Crippen molar-refractivity contribution in [3.8, 4) is 0 Å². The van der Waals surface area contributed by atoms with E-state index in [1.54, 1.807) is 0 Å². The van der Waals surface area contributed by atoms with Gasteiger partial charge in [0.2, 0.25) is 0 Å². The van der Waals surface area contributed by atoms with Crippen LogP contribution in [-0.4, -0.2) is 47.8 Å². The van der Waals surface area contributed by atoms with Crippen LogP contribution < -0.4 is 59.1 Å². The van der Waals surface area contributed by atoms with Crippen LogP contribution in [0.3, 0.4) is 0 Å². The minimum absolute atomic E-state index is 0. The molecule has 0 aromatic carbocycles. The molecule has 0 bridgehead atoms. The summed E-state index contributed by atoms with van der Waals surface area (Å²) in [4.78, 5) is 0. The van der Waals surface area contributed by atoms with Crippen molar-refractivity contribution in [2.45, 2.75) is 0 Å². The van der Waals surface area contributed by atoms with Gasteiger partial charge in [-0.2, -0.15) is 0 Å². The first-order chi connectivity index (χ1) is 0. The van der Waals surface area contributed by atoms with E-state index in [-0.39, 0.29) is 110 Å². The molecule has 20 valence electrons. The molecule has 0 heterocycles. The van der Waals surface area contributed by atoms with Gasteiger partial charge in [0, 0.05) is 0 Å². The van der Waals surface area contributed by atoms with E-state index in [0.29, 0.717) is 0 Å². The van der Waals surface area contributed by atoms with Crippen molar-refractivity contribution < 1.29 is 62.0 Å². The molecule has 0 aliphatic carbocycles. The Morgan fingerprint density at radius 1 is 0.750 bits per heavy atom. The Bertz CT molecular complexity index is 9.51. The normalized spacial score (nSPS) is 0. The zero-order valence-corrected chi connectivity index (χ0v) is 6.00. The molecule has 0 aromatic rings. The third kappa shape index (κ3) is 9.14. The third-order valence-electron chi connectivity index (χ3n) is 0. The van der Waals surface area contributed by atoms with E-state index in [4.69, 9.17) is 0 Å². The van der Waals surface area contributed by atoms with Gasteiger partial charge in [-0.25, -0.2) is 0 Å². The maximum atomic E-state index is 0. The molecule has 4 heavy (non-hydrogen) atoms. The first-order valence-electron chi connectivity index (χ1n) is 0. The van der Waals surface area contributed by atoms with Gasteiger partial charge in [-0.05, 0) is 0 Å². The van der Waals surface area contributed by atoms with Crippen molar-refractivity contribution >= 4 is 47.8 Å². The van der Waals surface area contributed by atoms with Gasteiger partial charge < -0.3 is 2.85 Å². The summed E-state index contributed by atoms with van der Waals surface area (Å²) < 4.78 is 0. The van der Waals surface area contributed by atoms with E-state index in [2.05, 4.69) is 0 Å². The second-order valence-electron chi connectivity index (χ2n) is 0.